The highest BCUT2D eigenvalue weighted by Gasteiger charge is 2.01. The summed E-state index contributed by atoms with van der Waals surface area (Å²) in [6, 6.07) is 11.1. The van der Waals surface area contributed by atoms with E-state index in [2.05, 4.69) is 31.9 Å². The molecule has 0 spiro atoms. The van der Waals surface area contributed by atoms with Gasteiger partial charge in [-0.25, -0.2) is 4.79 Å². The summed E-state index contributed by atoms with van der Waals surface area (Å²) in [6.07, 6.45) is 2.90. The molecule has 0 saturated carbocycles. The molecule has 0 fully saturated rings. The summed E-state index contributed by atoms with van der Waals surface area (Å²) in [5, 5.41) is 0. The van der Waals surface area contributed by atoms with Crippen molar-refractivity contribution in [3.8, 4) is 0 Å². The molecule has 1 heterocycles. The molecule has 0 N–H and O–H groups in total. The molecule has 0 aliphatic carbocycles. The predicted octanol–water partition coefficient (Wildman–Crippen LogP) is 4.56. The molecular formula is C14H10Br2O3. The fourth-order valence-electron chi connectivity index (χ4n) is 1.40. The third-order valence-corrected chi connectivity index (χ3v) is 3.17. The zero-order chi connectivity index (χ0) is 13.7. The molecule has 5 heteroatoms. The molecule has 0 radical (unpaired) electrons. The normalized spacial score (nSPS) is 10.8. The molecule has 0 bridgehead atoms. The Kier molecular flexibility index (Phi) is 4.99. The van der Waals surface area contributed by atoms with Crippen LogP contribution < -0.4 is 0 Å². The van der Waals surface area contributed by atoms with Gasteiger partial charge in [0.05, 0.1) is 0 Å². The number of esters is 1. The van der Waals surface area contributed by atoms with Crippen LogP contribution in [0.5, 0.6) is 0 Å². The summed E-state index contributed by atoms with van der Waals surface area (Å²) in [4.78, 5) is 11.5. The van der Waals surface area contributed by atoms with Crippen molar-refractivity contribution in [1.29, 1.82) is 0 Å². The molecule has 19 heavy (non-hydrogen) atoms. The van der Waals surface area contributed by atoms with E-state index < -0.39 is 5.97 Å². The summed E-state index contributed by atoms with van der Waals surface area (Å²) in [6.45, 7) is 0.241. The second kappa shape index (κ2) is 6.73. The minimum Gasteiger partial charge on any atom is -0.458 e. The predicted molar refractivity (Wildman–Crippen MR) is 79.4 cm³/mol. The molecule has 0 atom stereocenters. The van der Waals surface area contributed by atoms with E-state index in [0.717, 1.165) is 10.0 Å². The molecule has 0 aliphatic rings. The van der Waals surface area contributed by atoms with Crippen LogP contribution in [0.3, 0.4) is 0 Å². The molecule has 98 valence electrons. The smallest absolute Gasteiger partial charge is 0.331 e. The van der Waals surface area contributed by atoms with E-state index in [-0.39, 0.29) is 6.61 Å². The Balaban J connectivity index is 1.86. The van der Waals surface area contributed by atoms with Gasteiger partial charge < -0.3 is 9.15 Å². The zero-order valence-corrected chi connectivity index (χ0v) is 13.0. The highest BCUT2D eigenvalue weighted by atomic mass is 79.9. The molecule has 0 unspecified atom stereocenters. The first kappa shape index (κ1) is 14.1. The maximum atomic E-state index is 11.5. The van der Waals surface area contributed by atoms with Crippen molar-refractivity contribution in [2.75, 3.05) is 0 Å². The number of hydrogen-bond donors (Lipinski definition) is 0. The van der Waals surface area contributed by atoms with Gasteiger partial charge >= 0.3 is 5.97 Å². The van der Waals surface area contributed by atoms with Crippen LogP contribution in [0.2, 0.25) is 0 Å². The van der Waals surface area contributed by atoms with Crippen LogP contribution in [-0.4, -0.2) is 5.97 Å². The van der Waals surface area contributed by atoms with Crippen molar-refractivity contribution in [3.63, 3.8) is 0 Å². The van der Waals surface area contributed by atoms with E-state index in [1.807, 2.05) is 24.3 Å². The van der Waals surface area contributed by atoms with Crippen LogP contribution in [0.1, 0.15) is 11.3 Å². The van der Waals surface area contributed by atoms with Crippen LogP contribution in [-0.2, 0) is 16.1 Å². The van der Waals surface area contributed by atoms with Gasteiger partial charge in [0.25, 0.3) is 0 Å². The lowest BCUT2D eigenvalue weighted by molar-refractivity contribution is -0.138. The Hall–Kier alpha value is -1.33. The summed E-state index contributed by atoms with van der Waals surface area (Å²) < 4.78 is 11.9. The first-order valence-electron chi connectivity index (χ1n) is 5.48. The first-order valence-corrected chi connectivity index (χ1v) is 7.07. The van der Waals surface area contributed by atoms with Gasteiger partial charge in [0, 0.05) is 10.5 Å². The number of ether oxygens (including phenoxy) is 1. The Morgan fingerprint density at radius 2 is 2.11 bits per heavy atom. The van der Waals surface area contributed by atoms with Gasteiger partial charge in [-0.05, 0) is 51.8 Å². The quantitative estimate of drug-likeness (QED) is 0.572. The average Bonchev–Trinajstić information content (AvgIpc) is 2.80. The number of furan rings is 1. The van der Waals surface area contributed by atoms with Crippen LogP contribution in [0, 0.1) is 0 Å². The monoisotopic (exact) mass is 384 g/mol. The van der Waals surface area contributed by atoms with Gasteiger partial charge in [0.2, 0.25) is 0 Å². The van der Waals surface area contributed by atoms with E-state index in [1.165, 1.54) is 6.08 Å². The second-order valence-corrected chi connectivity index (χ2v) is 5.41. The molecule has 2 aromatic rings. The Morgan fingerprint density at radius 3 is 2.79 bits per heavy atom. The van der Waals surface area contributed by atoms with Crippen molar-refractivity contribution < 1.29 is 13.9 Å². The van der Waals surface area contributed by atoms with Crippen LogP contribution in [0.25, 0.3) is 6.08 Å². The lowest BCUT2D eigenvalue weighted by Crippen LogP contribution is -2.00. The Bertz CT molecular complexity index is 602. The topological polar surface area (TPSA) is 39.4 Å². The van der Waals surface area contributed by atoms with Gasteiger partial charge in [0.15, 0.2) is 4.67 Å². The van der Waals surface area contributed by atoms with Gasteiger partial charge in [0.1, 0.15) is 12.4 Å². The lowest BCUT2D eigenvalue weighted by atomic mass is 10.2. The number of rotatable bonds is 4. The molecule has 0 amide bonds. The fourth-order valence-corrected chi connectivity index (χ4v) is 2.16. The summed E-state index contributed by atoms with van der Waals surface area (Å²) in [7, 11) is 0. The van der Waals surface area contributed by atoms with Crippen molar-refractivity contribution in [2.45, 2.75) is 6.61 Å². The maximum Gasteiger partial charge on any atom is 0.331 e. The van der Waals surface area contributed by atoms with Crippen LogP contribution in [0.15, 0.2) is 56.0 Å². The van der Waals surface area contributed by atoms with Crippen molar-refractivity contribution in [3.05, 3.63) is 62.9 Å². The van der Waals surface area contributed by atoms with E-state index in [1.54, 1.807) is 18.2 Å². The molecule has 0 aliphatic heterocycles. The van der Waals surface area contributed by atoms with Crippen molar-refractivity contribution >= 4 is 43.9 Å². The Morgan fingerprint density at radius 1 is 1.26 bits per heavy atom. The van der Waals surface area contributed by atoms with Gasteiger partial charge in [-0.1, -0.05) is 28.1 Å². The van der Waals surface area contributed by atoms with E-state index in [9.17, 15) is 4.79 Å². The first-order chi connectivity index (χ1) is 9.13. The van der Waals surface area contributed by atoms with Gasteiger partial charge in [-0.15, -0.1) is 0 Å². The lowest BCUT2D eigenvalue weighted by Gasteiger charge is -2.02. The standard InChI is InChI=1S/C14H10Br2O3/c15-11-3-1-2-10(8-11)9-18-14(17)7-5-12-4-6-13(16)19-12/h1-8H,9H2/b7-5+. The number of carbonyl (C=O) groups excluding carboxylic acids is 1. The van der Waals surface area contributed by atoms with Crippen molar-refractivity contribution in [2.24, 2.45) is 0 Å². The highest BCUT2D eigenvalue weighted by Crippen LogP contribution is 2.15. The number of benzene rings is 1. The Labute approximate surface area is 127 Å². The highest BCUT2D eigenvalue weighted by molar-refractivity contribution is 9.10. The third kappa shape index (κ3) is 4.69. The molecule has 2 rings (SSSR count). The van der Waals surface area contributed by atoms with E-state index in [4.69, 9.17) is 9.15 Å². The molecule has 0 saturated heterocycles. The molecule has 3 nitrogen and oxygen atoms in total. The van der Waals surface area contributed by atoms with Crippen LogP contribution in [0.4, 0.5) is 0 Å². The maximum absolute atomic E-state index is 11.5. The second-order valence-electron chi connectivity index (χ2n) is 3.71. The summed E-state index contributed by atoms with van der Waals surface area (Å²) >= 11 is 6.55. The molecule has 1 aromatic heterocycles. The number of hydrogen-bond acceptors (Lipinski definition) is 3. The zero-order valence-electron chi connectivity index (χ0n) is 9.81. The minimum atomic E-state index is -0.410. The SMILES string of the molecule is O=C(/C=C/c1ccc(Br)o1)OCc1cccc(Br)c1. The van der Waals surface area contributed by atoms with E-state index in [0.29, 0.717) is 10.4 Å². The minimum absolute atomic E-state index is 0.241. The summed E-state index contributed by atoms with van der Waals surface area (Å²) in [5.74, 6) is 0.179. The van der Waals surface area contributed by atoms with E-state index >= 15 is 0 Å². The van der Waals surface area contributed by atoms with Gasteiger partial charge in [-0.2, -0.15) is 0 Å². The largest absolute Gasteiger partial charge is 0.458 e. The number of halogens is 2. The molecular weight excluding hydrogens is 376 g/mol. The third-order valence-electron chi connectivity index (χ3n) is 2.25. The number of carbonyl (C=O) groups is 1. The van der Waals surface area contributed by atoms with Crippen LogP contribution >= 0.6 is 31.9 Å². The fraction of sp³-hybridized carbons (Fsp3) is 0.0714. The average molecular weight is 386 g/mol. The van der Waals surface area contributed by atoms with Crippen molar-refractivity contribution in [1.82, 2.24) is 0 Å². The van der Waals surface area contributed by atoms with Gasteiger partial charge in [-0.3, -0.25) is 0 Å². The molecule has 1 aromatic carbocycles. The summed E-state index contributed by atoms with van der Waals surface area (Å²) in [5.41, 5.74) is 0.928.